The smallest absolute Gasteiger partial charge is 0.398 e. The molecular formula is C13H19BFNO2S. The predicted molar refractivity (Wildman–Crippen MR) is 77.5 cm³/mol. The maximum absolute atomic E-state index is 14.6. The molecule has 1 saturated heterocycles. The lowest BCUT2D eigenvalue weighted by molar-refractivity contribution is 0.00578. The Kier molecular flexibility index (Phi) is 3.88. The maximum Gasteiger partial charge on any atom is 0.525 e. The molecule has 0 spiro atoms. The molecular weight excluding hydrogens is 264 g/mol. The summed E-state index contributed by atoms with van der Waals surface area (Å²) in [6.07, 6.45) is 0. The topological polar surface area (TPSA) is 44.5 Å². The number of thiophene rings is 1. The fourth-order valence-electron chi connectivity index (χ4n) is 1.85. The van der Waals surface area contributed by atoms with Crippen LogP contribution < -0.4 is 5.73 Å². The van der Waals surface area contributed by atoms with Crippen molar-refractivity contribution >= 4 is 24.0 Å². The third-order valence-corrected chi connectivity index (χ3v) is 4.70. The number of hydrogen-bond donors (Lipinski definition) is 1. The minimum Gasteiger partial charge on any atom is -0.398 e. The molecule has 0 unspecified atom stereocenters. The second-order valence-electron chi connectivity index (χ2n) is 5.60. The molecule has 0 aromatic carbocycles. The first-order valence-corrected chi connectivity index (χ1v) is 7.14. The van der Waals surface area contributed by atoms with Crippen molar-refractivity contribution in [3.8, 4) is 0 Å². The van der Waals surface area contributed by atoms with Gasteiger partial charge in [-0.1, -0.05) is 6.07 Å². The predicted octanol–water partition coefficient (Wildman–Crippen LogP) is 3.02. The van der Waals surface area contributed by atoms with Crippen molar-refractivity contribution < 1.29 is 13.7 Å². The molecule has 0 saturated carbocycles. The first-order chi connectivity index (χ1) is 8.78. The molecule has 0 amide bonds. The van der Waals surface area contributed by atoms with Gasteiger partial charge in [-0.15, -0.1) is 11.3 Å². The molecule has 0 atom stereocenters. The second kappa shape index (κ2) is 5.02. The highest BCUT2D eigenvalue weighted by Gasteiger charge is 2.53. The number of hydrogen-bond acceptors (Lipinski definition) is 4. The van der Waals surface area contributed by atoms with Crippen LogP contribution in [-0.4, -0.2) is 24.9 Å². The lowest BCUT2D eigenvalue weighted by Gasteiger charge is -2.32. The summed E-state index contributed by atoms with van der Waals surface area (Å²) in [5.74, 6) is 0. The Bertz CT molecular complexity index is 469. The summed E-state index contributed by atoms with van der Waals surface area (Å²) in [6, 6.07) is 3.71. The fourth-order valence-corrected chi connectivity index (χ4v) is 2.64. The van der Waals surface area contributed by atoms with Crippen molar-refractivity contribution in [1.29, 1.82) is 0 Å². The van der Waals surface area contributed by atoms with Crippen LogP contribution in [-0.2, 0) is 9.31 Å². The van der Waals surface area contributed by atoms with Crippen molar-refractivity contribution in [2.75, 3.05) is 6.54 Å². The zero-order valence-corrected chi connectivity index (χ0v) is 12.5. The molecule has 1 aliphatic rings. The molecule has 0 bridgehead atoms. The van der Waals surface area contributed by atoms with Gasteiger partial charge in [-0.25, -0.2) is 4.39 Å². The molecule has 6 heteroatoms. The van der Waals surface area contributed by atoms with Crippen LogP contribution in [0, 0.1) is 0 Å². The Morgan fingerprint density at radius 3 is 2.32 bits per heavy atom. The lowest BCUT2D eigenvalue weighted by Crippen LogP contribution is -2.41. The van der Waals surface area contributed by atoms with Crippen LogP contribution in [0.5, 0.6) is 0 Å². The molecule has 2 N–H and O–H groups in total. The summed E-state index contributed by atoms with van der Waals surface area (Å²) in [6.45, 7) is 7.71. The quantitative estimate of drug-likeness (QED) is 0.867. The summed E-state index contributed by atoms with van der Waals surface area (Å²) in [4.78, 5) is 0.815. The van der Waals surface area contributed by atoms with E-state index in [2.05, 4.69) is 0 Å². The van der Waals surface area contributed by atoms with Crippen molar-refractivity contribution in [2.24, 2.45) is 5.73 Å². The van der Waals surface area contributed by atoms with Crippen LogP contribution in [0.2, 0.25) is 0 Å². The average Bonchev–Trinajstić information content (AvgIpc) is 2.87. The first kappa shape index (κ1) is 14.7. The summed E-state index contributed by atoms with van der Waals surface area (Å²) in [7, 11) is -0.981. The Morgan fingerprint density at radius 2 is 1.89 bits per heavy atom. The van der Waals surface area contributed by atoms with Gasteiger partial charge in [0.2, 0.25) is 0 Å². The van der Waals surface area contributed by atoms with Crippen LogP contribution in [0.4, 0.5) is 4.39 Å². The molecule has 1 aromatic heterocycles. The summed E-state index contributed by atoms with van der Waals surface area (Å²) < 4.78 is 26.0. The average molecular weight is 283 g/mol. The number of halogens is 1. The highest BCUT2D eigenvalue weighted by Crippen LogP contribution is 2.40. The largest absolute Gasteiger partial charge is 0.525 e. The van der Waals surface area contributed by atoms with Gasteiger partial charge < -0.3 is 15.0 Å². The Hall–Kier alpha value is -0.685. The van der Waals surface area contributed by atoms with E-state index in [-0.39, 0.29) is 6.54 Å². The lowest BCUT2D eigenvalue weighted by atomic mass is 9.84. The molecule has 3 nitrogen and oxygen atoms in total. The van der Waals surface area contributed by atoms with Gasteiger partial charge in [-0.3, -0.25) is 0 Å². The van der Waals surface area contributed by atoms with Gasteiger partial charge in [-0.05, 0) is 39.1 Å². The van der Waals surface area contributed by atoms with E-state index in [0.29, 0.717) is 5.57 Å². The Labute approximate surface area is 117 Å². The van der Waals surface area contributed by atoms with E-state index in [1.807, 2.05) is 45.2 Å². The Morgan fingerprint density at radius 1 is 1.32 bits per heavy atom. The number of rotatable bonds is 3. The molecule has 2 rings (SSSR count). The minimum absolute atomic E-state index is 0.121. The van der Waals surface area contributed by atoms with Crippen LogP contribution >= 0.6 is 11.3 Å². The molecule has 2 heterocycles. The first-order valence-electron chi connectivity index (χ1n) is 6.26. The highest BCUT2D eigenvalue weighted by atomic mass is 32.1. The van der Waals surface area contributed by atoms with Crippen molar-refractivity contribution in [3.63, 3.8) is 0 Å². The van der Waals surface area contributed by atoms with Gasteiger partial charge in [-0.2, -0.15) is 0 Å². The Balaban J connectivity index is 2.32. The summed E-state index contributed by atoms with van der Waals surface area (Å²) in [5.41, 5.74) is 4.59. The molecule has 0 aliphatic carbocycles. The van der Waals surface area contributed by atoms with E-state index in [4.69, 9.17) is 15.0 Å². The van der Waals surface area contributed by atoms with E-state index < -0.39 is 24.0 Å². The molecule has 0 radical (unpaired) electrons. The zero-order chi connectivity index (χ0) is 14.3. The second-order valence-corrected chi connectivity index (χ2v) is 6.54. The van der Waals surface area contributed by atoms with Crippen LogP contribution in [0.1, 0.15) is 32.6 Å². The van der Waals surface area contributed by atoms with Gasteiger partial charge in [0, 0.05) is 17.0 Å². The monoisotopic (exact) mass is 283 g/mol. The number of nitrogens with two attached hydrogens (primary N) is 1. The molecule has 1 fully saturated rings. The van der Waals surface area contributed by atoms with Gasteiger partial charge in [0.1, 0.15) is 5.73 Å². The van der Waals surface area contributed by atoms with Crippen molar-refractivity contribution in [1.82, 2.24) is 0 Å². The van der Waals surface area contributed by atoms with Gasteiger partial charge in [0.15, 0.2) is 0 Å². The zero-order valence-electron chi connectivity index (χ0n) is 11.7. The van der Waals surface area contributed by atoms with Crippen LogP contribution in [0.15, 0.2) is 23.2 Å². The molecule has 104 valence electrons. The highest BCUT2D eigenvalue weighted by molar-refractivity contribution is 7.11. The van der Waals surface area contributed by atoms with E-state index in [9.17, 15) is 4.39 Å². The van der Waals surface area contributed by atoms with Gasteiger partial charge >= 0.3 is 7.12 Å². The van der Waals surface area contributed by atoms with Crippen molar-refractivity contribution in [3.05, 3.63) is 28.1 Å². The van der Waals surface area contributed by atoms with E-state index >= 15 is 0 Å². The summed E-state index contributed by atoms with van der Waals surface area (Å²) in [5, 5.41) is 1.89. The molecule has 19 heavy (non-hydrogen) atoms. The van der Waals surface area contributed by atoms with E-state index in [0.717, 1.165) is 4.88 Å². The molecule has 1 aliphatic heterocycles. The third-order valence-electron chi connectivity index (χ3n) is 3.77. The van der Waals surface area contributed by atoms with Crippen LogP contribution in [0.25, 0.3) is 5.57 Å². The third kappa shape index (κ3) is 2.63. The summed E-state index contributed by atoms with van der Waals surface area (Å²) >= 11 is 1.45. The van der Waals surface area contributed by atoms with Gasteiger partial charge in [0.05, 0.1) is 11.2 Å². The standard InChI is InChI=1S/C13H19BFNO2S/c1-12(2)13(3,4)18-14(17-12)11(15)9(8-16)10-6-5-7-19-10/h5-7H,8,16H2,1-4H3. The SMILES string of the molecule is CC1(C)OB(C(F)=C(CN)c2cccs2)OC1(C)C. The van der Waals surface area contributed by atoms with E-state index in [1.54, 1.807) is 0 Å². The van der Waals surface area contributed by atoms with Crippen LogP contribution in [0.3, 0.4) is 0 Å². The fraction of sp³-hybridized carbons (Fsp3) is 0.538. The van der Waals surface area contributed by atoms with Gasteiger partial charge in [0.25, 0.3) is 0 Å². The van der Waals surface area contributed by atoms with E-state index in [1.165, 1.54) is 11.3 Å². The molecule has 1 aromatic rings. The minimum atomic E-state index is -0.981. The van der Waals surface area contributed by atoms with Crippen molar-refractivity contribution in [2.45, 2.75) is 38.9 Å². The maximum atomic E-state index is 14.6. The normalized spacial score (nSPS) is 22.5.